The first-order valence-electron chi connectivity index (χ1n) is 6.55. The van der Waals surface area contributed by atoms with Crippen LogP contribution in [0.15, 0.2) is 24.3 Å². The maximum Gasteiger partial charge on any atom is 0.169 e. The lowest BCUT2D eigenvalue weighted by Crippen LogP contribution is -2.04. The van der Waals surface area contributed by atoms with Crippen LogP contribution in [0.4, 0.5) is 11.5 Å². The van der Waals surface area contributed by atoms with Crippen LogP contribution < -0.4 is 16.2 Å². The highest BCUT2D eigenvalue weighted by molar-refractivity contribution is 7.18. The zero-order valence-corrected chi connectivity index (χ0v) is 12.7. The van der Waals surface area contributed by atoms with Gasteiger partial charge < -0.3 is 16.2 Å². The maximum atomic E-state index is 6.04. The Morgan fingerprint density at radius 1 is 1.19 bits per heavy atom. The first kappa shape index (κ1) is 13.6. The summed E-state index contributed by atoms with van der Waals surface area (Å²) < 4.78 is 5.66. The van der Waals surface area contributed by atoms with Gasteiger partial charge in [-0.3, -0.25) is 0 Å². The average Bonchev–Trinajstić information content (AvgIpc) is 2.72. The smallest absolute Gasteiger partial charge is 0.169 e. The molecule has 0 bridgehead atoms. The van der Waals surface area contributed by atoms with Crippen LogP contribution in [0.25, 0.3) is 10.2 Å². The summed E-state index contributed by atoms with van der Waals surface area (Å²) in [4.78, 5) is 11.0. The summed E-state index contributed by atoms with van der Waals surface area (Å²) in [6.07, 6.45) is 0. The van der Waals surface area contributed by atoms with Crippen LogP contribution in [0.2, 0.25) is 0 Å². The molecule has 5 nitrogen and oxygen atoms in total. The van der Waals surface area contributed by atoms with Gasteiger partial charge in [0.15, 0.2) is 5.82 Å². The van der Waals surface area contributed by atoms with Gasteiger partial charge in [-0.2, -0.15) is 0 Å². The van der Waals surface area contributed by atoms with Crippen LogP contribution in [0.5, 0.6) is 5.75 Å². The number of benzene rings is 1. The van der Waals surface area contributed by atoms with Crippen molar-refractivity contribution >= 4 is 33.1 Å². The Labute approximate surface area is 126 Å². The number of hydrogen-bond donors (Lipinski definition) is 2. The van der Waals surface area contributed by atoms with E-state index in [-0.39, 0.29) is 6.61 Å². The van der Waals surface area contributed by atoms with E-state index >= 15 is 0 Å². The highest BCUT2D eigenvalue weighted by Gasteiger charge is 2.12. The van der Waals surface area contributed by atoms with Crippen LogP contribution in [0, 0.1) is 13.8 Å². The summed E-state index contributed by atoms with van der Waals surface area (Å²) in [7, 11) is 0. The van der Waals surface area contributed by atoms with Crippen molar-refractivity contribution in [2.45, 2.75) is 20.5 Å². The fourth-order valence-electron chi connectivity index (χ4n) is 2.14. The number of nitrogen functional groups attached to an aromatic ring is 2. The van der Waals surface area contributed by atoms with Crippen LogP contribution in [-0.2, 0) is 6.61 Å². The fraction of sp³-hybridized carbons (Fsp3) is 0.200. The van der Waals surface area contributed by atoms with Gasteiger partial charge in [-0.15, -0.1) is 11.3 Å². The van der Waals surface area contributed by atoms with E-state index in [1.165, 1.54) is 4.88 Å². The molecule has 2 heterocycles. The second kappa shape index (κ2) is 5.21. The largest absolute Gasteiger partial charge is 0.486 e. The molecule has 0 aliphatic heterocycles. The molecule has 108 valence electrons. The molecule has 2 aromatic heterocycles. The Morgan fingerprint density at radius 2 is 2.00 bits per heavy atom. The van der Waals surface area contributed by atoms with Crippen molar-refractivity contribution in [3.05, 3.63) is 40.5 Å². The standard InChI is InChI=1S/C15H16N4OS/c1-8-9(2)21-15-13(8)14(17)18-12(19-15)7-20-11-5-3-4-10(16)6-11/h3-6H,7,16H2,1-2H3,(H2,17,18,19). The van der Waals surface area contributed by atoms with Gasteiger partial charge in [0.2, 0.25) is 0 Å². The Kier molecular flexibility index (Phi) is 3.39. The fourth-order valence-corrected chi connectivity index (χ4v) is 3.20. The number of aromatic nitrogens is 2. The Morgan fingerprint density at radius 3 is 2.76 bits per heavy atom. The number of hydrogen-bond acceptors (Lipinski definition) is 6. The minimum absolute atomic E-state index is 0.263. The van der Waals surface area contributed by atoms with E-state index in [2.05, 4.69) is 16.9 Å². The molecule has 3 rings (SSSR count). The van der Waals surface area contributed by atoms with Gasteiger partial charge in [0.05, 0.1) is 5.39 Å². The van der Waals surface area contributed by atoms with Gasteiger partial charge in [0, 0.05) is 16.6 Å². The Balaban J connectivity index is 1.88. The second-order valence-electron chi connectivity index (χ2n) is 4.85. The predicted molar refractivity (Wildman–Crippen MR) is 86.5 cm³/mol. The van der Waals surface area contributed by atoms with E-state index in [0.29, 0.717) is 23.1 Å². The van der Waals surface area contributed by atoms with E-state index in [0.717, 1.165) is 15.8 Å². The van der Waals surface area contributed by atoms with Crippen molar-refractivity contribution in [1.29, 1.82) is 0 Å². The number of thiophene rings is 1. The van der Waals surface area contributed by atoms with E-state index in [4.69, 9.17) is 16.2 Å². The average molecular weight is 300 g/mol. The molecule has 0 amide bonds. The molecule has 6 heteroatoms. The van der Waals surface area contributed by atoms with E-state index in [9.17, 15) is 0 Å². The number of nitrogens with two attached hydrogens (primary N) is 2. The second-order valence-corrected chi connectivity index (χ2v) is 6.05. The molecule has 21 heavy (non-hydrogen) atoms. The van der Waals surface area contributed by atoms with Crippen LogP contribution in [0.1, 0.15) is 16.3 Å². The van der Waals surface area contributed by atoms with Crippen LogP contribution in [-0.4, -0.2) is 9.97 Å². The molecule has 0 fully saturated rings. The third kappa shape index (κ3) is 2.62. The molecule has 0 spiro atoms. The van der Waals surface area contributed by atoms with Gasteiger partial charge in [0.25, 0.3) is 0 Å². The minimum Gasteiger partial charge on any atom is -0.486 e. The Hall–Kier alpha value is -2.34. The van der Waals surface area contributed by atoms with Crippen molar-refractivity contribution in [2.75, 3.05) is 11.5 Å². The number of nitrogens with zero attached hydrogens (tertiary/aromatic N) is 2. The molecule has 0 aliphatic carbocycles. The number of anilines is 2. The quantitative estimate of drug-likeness (QED) is 0.726. The molecular formula is C15H16N4OS. The SMILES string of the molecule is Cc1sc2nc(COc3cccc(N)c3)nc(N)c2c1C. The summed E-state index contributed by atoms with van der Waals surface area (Å²) in [6, 6.07) is 7.26. The Bertz CT molecular complexity index is 813. The van der Waals surface area contributed by atoms with Crippen molar-refractivity contribution < 1.29 is 4.74 Å². The van der Waals surface area contributed by atoms with Gasteiger partial charge in [-0.05, 0) is 31.5 Å². The third-order valence-electron chi connectivity index (χ3n) is 3.33. The van der Waals surface area contributed by atoms with Crippen LogP contribution in [0.3, 0.4) is 0 Å². The lowest BCUT2D eigenvalue weighted by Gasteiger charge is -2.07. The summed E-state index contributed by atoms with van der Waals surface area (Å²) >= 11 is 1.62. The molecule has 0 radical (unpaired) electrons. The summed E-state index contributed by atoms with van der Waals surface area (Å²) in [5, 5.41) is 0.949. The lowest BCUT2D eigenvalue weighted by molar-refractivity contribution is 0.297. The molecule has 0 saturated carbocycles. The first-order valence-corrected chi connectivity index (χ1v) is 7.36. The van der Waals surface area contributed by atoms with Gasteiger partial charge >= 0.3 is 0 Å². The molecule has 0 unspecified atom stereocenters. The minimum atomic E-state index is 0.263. The van der Waals surface area contributed by atoms with Gasteiger partial charge in [0.1, 0.15) is 23.0 Å². The first-order chi connectivity index (χ1) is 10.0. The molecule has 1 aromatic carbocycles. The monoisotopic (exact) mass is 300 g/mol. The summed E-state index contributed by atoms with van der Waals surface area (Å²) in [5.41, 5.74) is 13.6. The van der Waals surface area contributed by atoms with E-state index in [1.807, 2.05) is 25.1 Å². The number of rotatable bonds is 3. The van der Waals surface area contributed by atoms with Crippen molar-refractivity contribution in [1.82, 2.24) is 9.97 Å². The summed E-state index contributed by atoms with van der Waals surface area (Å²) in [5.74, 6) is 1.77. The predicted octanol–water partition coefficient (Wildman–Crippen LogP) is 3.05. The molecular weight excluding hydrogens is 284 g/mol. The van der Waals surface area contributed by atoms with Crippen LogP contribution >= 0.6 is 11.3 Å². The number of aryl methyl sites for hydroxylation is 2. The molecule has 0 atom stereocenters. The summed E-state index contributed by atoms with van der Waals surface area (Å²) in [6.45, 7) is 4.36. The highest BCUT2D eigenvalue weighted by atomic mass is 32.1. The van der Waals surface area contributed by atoms with Crippen molar-refractivity contribution in [3.63, 3.8) is 0 Å². The van der Waals surface area contributed by atoms with Gasteiger partial charge in [-0.1, -0.05) is 6.07 Å². The molecule has 3 aromatic rings. The number of ether oxygens (including phenoxy) is 1. The normalized spacial score (nSPS) is 11.0. The lowest BCUT2D eigenvalue weighted by atomic mass is 10.2. The highest BCUT2D eigenvalue weighted by Crippen LogP contribution is 2.31. The molecule has 0 saturated heterocycles. The zero-order chi connectivity index (χ0) is 15.0. The maximum absolute atomic E-state index is 6.04. The third-order valence-corrected chi connectivity index (χ3v) is 4.43. The number of fused-ring (bicyclic) bond motifs is 1. The van der Waals surface area contributed by atoms with Crippen molar-refractivity contribution in [2.24, 2.45) is 0 Å². The van der Waals surface area contributed by atoms with E-state index < -0.39 is 0 Å². The molecule has 0 aliphatic rings. The zero-order valence-electron chi connectivity index (χ0n) is 11.9. The van der Waals surface area contributed by atoms with Crippen molar-refractivity contribution in [3.8, 4) is 5.75 Å². The van der Waals surface area contributed by atoms with E-state index in [1.54, 1.807) is 17.4 Å². The molecule has 4 N–H and O–H groups in total. The van der Waals surface area contributed by atoms with Gasteiger partial charge in [-0.25, -0.2) is 9.97 Å². The topological polar surface area (TPSA) is 87.0 Å².